The molecule has 0 N–H and O–H groups in total. The van der Waals surface area contributed by atoms with Crippen molar-refractivity contribution < 1.29 is 136 Å². The van der Waals surface area contributed by atoms with Gasteiger partial charge >= 0.3 is 56.7 Å². The highest BCUT2D eigenvalue weighted by Crippen LogP contribution is 2.29. The number of alkyl halides is 6. The summed E-state index contributed by atoms with van der Waals surface area (Å²) < 4.78 is 306. The molecule has 0 aromatic heterocycles. The second-order valence-electron chi connectivity index (χ2n) is 14.3. The first-order valence-corrected chi connectivity index (χ1v) is 35.5. The lowest BCUT2D eigenvalue weighted by atomic mass is 10.3. The van der Waals surface area contributed by atoms with Crippen molar-refractivity contribution in [3.63, 3.8) is 0 Å². The van der Waals surface area contributed by atoms with Gasteiger partial charge in [-0.25, -0.2) is 8.42 Å². The molecule has 456 valence electrons. The van der Waals surface area contributed by atoms with Crippen molar-refractivity contribution in [1.29, 1.82) is 0 Å². The Hall–Kier alpha value is -4.60. The standard InChI is InChI=1S/C15H16O6S3.C14H14O8S3.C5H6F6O6S2.C4H10O6S2/c1-2-22-15(23(16,17)20-13-9-5-3-6-10-13)24(18,19)21-14-11-7-4-8-12-14;1-23(15,16)14(24(17,18)21-12-8-4-2-5-9-12)25(19,20)22-13-10-6-3-7-11-13;6-4(7,8)1-16-18(12,13)3-19(14,15)17-2-5(9,10)11;1-4(11(5,6)9-2)12(7,8)10-3/h3-12,15H,2H2,1H3;2-11,14H,1H3;1-3H2;4H,1-3H3. The van der Waals surface area contributed by atoms with E-state index in [1.54, 1.807) is 55.5 Å². The zero-order valence-electron chi connectivity index (χ0n) is 41.1. The summed E-state index contributed by atoms with van der Waals surface area (Å²) in [4.78, 5) is 0. The van der Waals surface area contributed by atoms with E-state index in [1.807, 2.05) is 0 Å². The van der Waals surface area contributed by atoms with Crippen LogP contribution in [0.15, 0.2) is 121 Å². The van der Waals surface area contributed by atoms with E-state index >= 15 is 0 Å². The second kappa shape index (κ2) is 30.1. The molecular weight excluding hydrogens is 1310 g/mol. The first-order valence-electron chi connectivity index (χ1n) is 20.5. The van der Waals surface area contributed by atoms with E-state index in [-0.39, 0.29) is 28.8 Å². The number of thioether (sulfide) groups is 1. The van der Waals surface area contributed by atoms with Crippen molar-refractivity contribution in [3.05, 3.63) is 121 Å². The Labute approximate surface area is 462 Å². The summed E-state index contributed by atoms with van der Waals surface area (Å²) in [6, 6.07) is 29.3. The molecule has 0 saturated carbocycles. The molecule has 0 aliphatic heterocycles. The van der Waals surface area contributed by atoms with Crippen LogP contribution in [0.3, 0.4) is 0 Å². The van der Waals surface area contributed by atoms with Gasteiger partial charge in [0.25, 0.3) is 44.4 Å². The molecule has 26 nitrogen and oxygen atoms in total. The minimum Gasteiger partial charge on any atom is -0.381 e. The van der Waals surface area contributed by atoms with Crippen molar-refractivity contribution in [2.75, 3.05) is 44.5 Å². The summed E-state index contributed by atoms with van der Waals surface area (Å²) >= 11 is 0.703. The van der Waals surface area contributed by atoms with Gasteiger partial charge in [-0.05, 0) is 61.2 Å². The Morgan fingerprint density at radius 3 is 0.887 bits per heavy atom. The van der Waals surface area contributed by atoms with Crippen molar-refractivity contribution >= 4 is 103 Å². The van der Waals surface area contributed by atoms with E-state index in [4.69, 9.17) is 8.37 Å². The lowest BCUT2D eigenvalue weighted by Crippen LogP contribution is -2.42. The Kier molecular flexibility index (Phi) is 27.6. The second-order valence-corrected chi connectivity index (χ2v) is 34.1. The highest BCUT2D eigenvalue weighted by molar-refractivity contribution is 8.25. The van der Waals surface area contributed by atoms with Crippen LogP contribution in [0, 0.1) is 0 Å². The normalized spacial score (nSPS) is 13.1. The van der Waals surface area contributed by atoms with Gasteiger partial charge in [-0.2, -0.15) is 93.7 Å². The molecular formula is C38H46F6O26S10. The molecule has 0 bridgehead atoms. The first kappa shape index (κ1) is 73.4. The molecule has 0 aliphatic rings. The third-order valence-electron chi connectivity index (χ3n) is 7.79. The quantitative estimate of drug-likeness (QED) is 0.0668. The van der Waals surface area contributed by atoms with Gasteiger partial charge in [0.1, 0.15) is 23.0 Å². The average Bonchev–Trinajstić information content (AvgIpc) is 3.31. The summed E-state index contributed by atoms with van der Waals surface area (Å²) in [5.74, 6) is -0.139. The van der Waals surface area contributed by atoms with Crippen molar-refractivity contribution in [2.24, 2.45) is 0 Å². The van der Waals surface area contributed by atoms with Gasteiger partial charge in [-0.15, -0.1) is 11.8 Å². The van der Waals surface area contributed by atoms with Crippen LogP contribution < -0.4 is 16.7 Å². The molecule has 0 fully saturated rings. The average molecular weight is 1350 g/mol. The fourth-order valence-electron chi connectivity index (χ4n) is 4.59. The monoisotopic (exact) mass is 1350 g/mol. The zero-order valence-corrected chi connectivity index (χ0v) is 49.2. The van der Waals surface area contributed by atoms with Crippen molar-refractivity contribution in [2.45, 2.75) is 38.6 Å². The van der Waals surface area contributed by atoms with Gasteiger partial charge in [0.05, 0.1) is 14.2 Å². The summed E-state index contributed by atoms with van der Waals surface area (Å²) in [7, 11) is -40.7. The molecule has 4 aromatic carbocycles. The molecule has 0 heterocycles. The van der Waals surface area contributed by atoms with Crippen LogP contribution in [0.4, 0.5) is 26.3 Å². The Morgan fingerprint density at radius 1 is 0.425 bits per heavy atom. The third kappa shape index (κ3) is 27.4. The van der Waals surface area contributed by atoms with Crippen molar-refractivity contribution in [1.82, 2.24) is 0 Å². The number of sulfone groups is 1. The van der Waals surface area contributed by atoms with E-state index in [1.165, 1.54) is 72.8 Å². The summed E-state index contributed by atoms with van der Waals surface area (Å²) in [5, 5.41) is -2.16. The molecule has 0 saturated heterocycles. The number of hydrogen-bond acceptors (Lipinski definition) is 27. The summed E-state index contributed by atoms with van der Waals surface area (Å²) in [5.41, 5.74) is 0. The molecule has 4 rings (SSSR count). The third-order valence-corrected chi connectivity index (χ3v) is 28.5. The number of halogens is 6. The maximum absolute atomic E-state index is 12.4. The molecule has 80 heavy (non-hydrogen) atoms. The van der Waals surface area contributed by atoms with Gasteiger partial charge in [-0.1, -0.05) is 79.7 Å². The van der Waals surface area contributed by atoms with Crippen LogP contribution in [0.5, 0.6) is 23.0 Å². The van der Waals surface area contributed by atoms with Crippen LogP contribution in [0.2, 0.25) is 0 Å². The molecule has 0 unspecified atom stereocenters. The summed E-state index contributed by atoms with van der Waals surface area (Å²) in [6.45, 7) is -1.99. The Balaban J connectivity index is 0.000000550. The Morgan fingerprint density at radius 2 is 0.675 bits per heavy atom. The smallest absolute Gasteiger partial charge is 0.381 e. The number of rotatable bonds is 25. The van der Waals surface area contributed by atoms with E-state index < -0.39 is 134 Å². The van der Waals surface area contributed by atoms with Gasteiger partial charge in [0.15, 0.2) is 23.1 Å². The maximum atomic E-state index is 12.4. The molecule has 0 spiro atoms. The van der Waals surface area contributed by atoms with E-state index in [9.17, 15) is 102 Å². The number of hydrogen-bond donors (Lipinski definition) is 0. The fourth-order valence-corrected chi connectivity index (χ4v) is 20.3. The molecule has 0 atom stereocenters. The minimum atomic E-state index is -5.24. The highest BCUT2D eigenvalue weighted by Gasteiger charge is 2.50. The van der Waals surface area contributed by atoms with Crippen LogP contribution in [-0.4, -0.2) is 145 Å². The van der Waals surface area contributed by atoms with Crippen molar-refractivity contribution in [3.8, 4) is 23.0 Å². The van der Waals surface area contributed by atoms with Crippen LogP contribution >= 0.6 is 11.8 Å². The van der Waals surface area contributed by atoms with Crippen LogP contribution in [-0.2, 0) is 108 Å². The summed E-state index contributed by atoms with van der Waals surface area (Å²) in [6.07, 6.45) is -9.64. The molecule has 0 radical (unpaired) electrons. The molecule has 42 heteroatoms. The lowest BCUT2D eigenvalue weighted by molar-refractivity contribution is -0.152. The predicted molar refractivity (Wildman–Crippen MR) is 273 cm³/mol. The first-order chi connectivity index (χ1) is 36.3. The number of para-hydroxylation sites is 4. The van der Waals surface area contributed by atoms with Gasteiger partial charge < -0.3 is 16.7 Å². The highest BCUT2D eigenvalue weighted by atomic mass is 32.3. The number of benzene rings is 4. The minimum absolute atomic E-state index is 0.0362. The van der Waals surface area contributed by atoms with E-state index in [0.717, 1.165) is 21.1 Å². The maximum Gasteiger partial charge on any atom is 0.413 e. The van der Waals surface area contributed by atoms with Gasteiger partial charge in [0.2, 0.25) is 9.67 Å². The lowest BCUT2D eigenvalue weighted by Gasteiger charge is -2.17. The fraction of sp³-hybridized carbons (Fsp3) is 0.368. The molecule has 0 amide bonds. The van der Waals surface area contributed by atoms with E-state index in [0.29, 0.717) is 18.0 Å². The van der Waals surface area contributed by atoms with E-state index in [2.05, 4.69) is 25.1 Å². The Bertz CT molecular complexity index is 3420. The zero-order chi connectivity index (χ0) is 61.9. The molecule has 4 aromatic rings. The topological polar surface area (TPSA) is 381 Å². The van der Waals surface area contributed by atoms with Crippen LogP contribution in [0.25, 0.3) is 0 Å². The largest absolute Gasteiger partial charge is 0.413 e. The van der Waals surface area contributed by atoms with Crippen LogP contribution in [0.1, 0.15) is 13.8 Å². The van der Waals surface area contributed by atoms with Gasteiger partial charge in [-0.3, -0.25) is 16.7 Å². The predicted octanol–water partition coefficient (Wildman–Crippen LogP) is 4.02. The van der Waals surface area contributed by atoms with Gasteiger partial charge in [0, 0.05) is 6.26 Å². The molecule has 0 aliphatic carbocycles. The SMILES string of the molecule is CCSC(S(=O)(=O)Oc1ccccc1)S(=O)(=O)Oc1ccccc1.COS(=O)(=O)C(C)S(=O)(=O)OC.CS(=O)(=O)C(S(=O)(=O)Oc1ccccc1)S(=O)(=O)Oc1ccccc1.O=S(=O)(CS(=O)(=O)OCC(F)(F)F)OCC(F)(F)F.